The fourth-order valence-electron chi connectivity index (χ4n) is 2.09. The smallest absolute Gasteiger partial charge is 0.258 e. The van der Waals surface area contributed by atoms with E-state index in [1.54, 1.807) is 6.07 Å². The molecule has 1 fully saturated rings. The van der Waals surface area contributed by atoms with Crippen LogP contribution in [0, 0.1) is 6.92 Å². The van der Waals surface area contributed by atoms with Crippen LogP contribution in [0.5, 0.6) is 0 Å². The predicted molar refractivity (Wildman–Crippen MR) is 76.8 cm³/mol. The van der Waals surface area contributed by atoms with Gasteiger partial charge in [-0.25, -0.2) is 0 Å². The molecule has 2 N–H and O–H groups in total. The molecule has 2 heterocycles. The average Bonchev–Trinajstić information content (AvgIpc) is 2.43. The quantitative estimate of drug-likeness (QED) is 0.779. The highest BCUT2D eigenvalue weighted by Gasteiger charge is 2.28. The zero-order valence-electron chi connectivity index (χ0n) is 12.1. The lowest BCUT2D eigenvalue weighted by atomic mass is 10.1. The van der Waals surface area contributed by atoms with Crippen LogP contribution < -0.4 is 10.6 Å². The standard InChI is InChI=1S/C14H18N4O3/c1-3-4-15-11-5-9(2)16-6-10(11)14(21)18-7-12(19)17-13(20)8-18/h5-6H,3-4,7-8H2,1-2H3,(H,15,16)(H,17,19,20). The molecule has 7 nitrogen and oxygen atoms in total. The molecule has 2 rings (SSSR count). The summed E-state index contributed by atoms with van der Waals surface area (Å²) in [5.74, 6) is -1.31. The summed E-state index contributed by atoms with van der Waals surface area (Å²) < 4.78 is 0. The Labute approximate surface area is 122 Å². The van der Waals surface area contributed by atoms with E-state index in [-0.39, 0.29) is 19.0 Å². The van der Waals surface area contributed by atoms with Gasteiger partial charge in [-0.2, -0.15) is 0 Å². The third kappa shape index (κ3) is 3.56. The molecule has 0 aliphatic carbocycles. The van der Waals surface area contributed by atoms with Crippen LogP contribution in [-0.2, 0) is 9.59 Å². The van der Waals surface area contributed by atoms with Crippen LogP contribution >= 0.6 is 0 Å². The van der Waals surface area contributed by atoms with E-state index in [0.717, 1.165) is 18.7 Å². The number of rotatable bonds is 4. The lowest BCUT2D eigenvalue weighted by Crippen LogP contribution is -2.53. The van der Waals surface area contributed by atoms with Crippen LogP contribution in [0.2, 0.25) is 0 Å². The van der Waals surface area contributed by atoms with Crippen molar-refractivity contribution in [3.63, 3.8) is 0 Å². The van der Waals surface area contributed by atoms with Crippen molar-refractivity contribution in [1.82, 2.24) is 15.2 Å². The second kappa shape index (κ2) is 6.34. The summed E-state index contributed by atoms with van der Waals surface area (Å²) in [7, 11) is 0. The third-order valence-corrected chi connectivity index (χ3v) is 3.07. The van der Waals surface area contributed by atoms with Crippen molar-refractivity contribution in [2.45, 2.75) is 20.3 Å². The highest BCUT2D eigenvalue weighted by Crippen LogP contribution is 2.18. The molecular weight excluding hydrogens is 272 g/mol. The number of anilines is 1. The first-order chi connectivity index (χ1) is 10.0. The third-order valence-electron chi connectivity index (χ3n) is 3.07. The van der Waals surface area contributed by atoms with Gasteiger partial charge >= 0.3 is 0 Å². The van der Waals surface area contributed by atoms with Crippen molar-refractivity contribution in [2.75, 3.05) is 25.0 Å². The number of aryl methyl sites for hydroxylation is 1. The second-order valence-electron chi connectivity index (χ2n) is 4.93. The topological polar surface area (TPSA) is 91.4 Å². The van der Waals surface area contributed by atoms with E-state index in [2.05, 4.69) is 15.6 Å². The zero-order valence-corrected chi connectivity index (χ0v) is 12.1. The Balaban J connectivity index is 2.25. The molecule has 0 radical (unpaired) electrons. The summed E-state index contributed by atoms with van der Waals surface area (Å²) in [5, 5.41) is 5.34. The Morgan fingerprint density at radius 3 is 2.67 bits per heavy atom. The molecule has 1 aliphatic rings. The van der Waals surface area contributed by atoms with E-state index < -0.39 is 11.8 Å². The van der Waals surface area contributed by atoms with Crippen LogP contribution in [0.15, 0.2) is 12.3 Å². The van der Waals surface area contributed by atoms with E-state index in [0.29, 0.717) is 11.3 Å². The van der Waals surface area contributed by atoms with Crippen LogP contribution in [-0.4, -0.2) is 47.2 Å². The van der Waals surface area contributed by atoms with Crippen LogP contribution in [0.1, 0.15) is 29.4 Å². The molecule has 1 aromatic heterocycles. The van der Waals surface area contributed by atoms with Gasteiger partial charge in [-0.3, -0.25) is 24.7 Å². The van der Waals surface area contributed by atoms with Crippen LogP contribution in [0.3, 0.4) is 0 Å². The molecule has 112 valence electrons. The SMILES string of the molecule is CCCNc1cc(C)ncc1C(=O)N1CC(=O)NC(=O)C1. The lowest BCUT2D eigenvalue weighted by Gasteiger charge is -2.26. The normalized spacial score (nSPS) is 14.9. The molecule has 0 spiro atoms. The monoisotopic (exact) mass is 290 g/mol. The minimum atomic E-state index is -0.470. The Bertz CT molecular complexity index is 570. The molecule has 1 aliphatic heterocycles. The average molecular weight is 290 g/mol. The molecule has 1 aromatic rings. The lowest BCUT2D eigenvalue weighted by molar-refractivity contribution is -0.135. The zero-order chi connectivity index (χ0) is 15.4. The second-order valence-corrected chi connectivity index (χ2v) is 4.93. The van der Waals surface area contributed by atoms with Gasteiger partial charge in [-0.1, -0.05) is 6.92 Å². The van der Waals surface area contributed by atoms with Crippen LogP contribution in [0.25, 0.3) is 0 Å². The number of amides is 3. The number of carbonyl (C=O) groups excluding carboxylic acids is 3. The summed E-state index contributed by atoms with van der Waals surface area (Å²) in [6.07, 6.45) is 2.40. The number of carbonyl (C=O) groups is 3. The van der Waals surface area contributed by atoms with Gasteiger partial charge in [-0.15, -0.1) is 0 Å². The maximum Gasteiger partial charge on any atom is 0.258 e. The summed E-state index contributed by atoms with van der Waals surface area (Å²) in [5.41, 5.74) is 1.84. The summed E-state index contributed by atoms with van der Waals surface area (Å²) in [6, 6.07) is 1.79. The van der Waals surface area contributed by atoms with Crippen molar-refractivity contribution in [3.05, 3.63) is 23.5 Å². The van der Waals surface area contributed by atoms with Crippen LogP contribution in [0.4, 0.5) is 5.69 Å². The first kappa shape index (κ1) is 15.0. The fourth-order valence-corrected chi connectivity index (χ4v) is 2.09. The highest BCUT2D eigenvalue weighted by molar-refractivity contribution is 6.07. The molecule has 3 amide bonds. The molecule has 0 atom stereocenters. The van der Waals surface area contributed by atoms with Gasteiger partial charge < -0.3 is 10.2 Å². The molecule has 0 aromatic carbocycles. The minimum absolute atomic E-state index is 0.119. The van der Waals surface area contributed by atoms with E-state index in [4.69, 9.17) is 0 Å². The summed E-state index contributed by atoms with van der Waals surface area (Å²) >= 11 is 0. The maximum atomic E-state index is 12.5. The largest absolute Gasteiger partial charge is 0.384 e. The van der Waals surface area contributed by atoms with Gasteiger partial charge in [0, 0.05) is 18.4 Å². The van der Waals surface area contributed by atoms with Gasteiger partial charge in [0.2, 0.25) is 11.8 Å². The molecule has 1 saturated heterocycles. The van der Waals surface area contributed by atoms with Crippen molar-refractivity contribution >= 4 is 23.4 Å². The van der Waals surface area contributed by atoms with Gasteiger partial charge in [-0.05, 0) is 19.4 Å². The fraction of sp³-hybridized carbons (Fsp3) is 0.429. The Kier molecular flexibility index (Phi) is 4.52. The first-order valence-corrected chi connectivity index (χ1v) is 6.83. The Hall–Kier alpha value is -2.44. The van der Waals surface area contributed by atoms with E-state index in [1.807, 2.05) is 13.8 Å². The summed E-state index contributed by atoms with van der Waals surface area (Å²) in [6.45, 7) is 4.35. The number of piperazine rings is 1. The van der Waals surface area contributed by atoms with E-state index in [9.17, 15) is 14.4 Å². The van der Waals surface area contributed by atoms with E-state index >= 15 is 0 Å². The molecule has 0 unspecified atom stereocenters. The van der Waals surface area contributed by atoms with Crippen molar-refractivity contribution in [2.24, 2.45) is 0 Å². The van der Waals surface area contributed by atoms with Gasteiger partial charge in [0.05, 0.1) is 11.3 Å². The van der Waals surface area contributed by atoms with Gasteiger partial charge in [0.25, 0.3) is 5.91 Å². The highest BCUT2D eigenvalue weighted by atomic mass is 16.2. The Morgan fingerprint density at radius 1 is 1.38 bits per heavy atom. The maximum absolute atomic E-state index is 12.5. The van der Waals surface area contributed by atoms with Crippen molar-refractivity contribution < 1.29 is 14.4 Å². The number of aromatic nitrogens is 1. The molecule has 7 heteroatoms. The Morgan fingerprint density at radius 2 is 2.05 bits per heavy atom. The number of hydrogen-bond acceptors (Lipinski definition) is 5. The number of hydrogen-bond donors (Lipinski definition) is 2. The van der Waals surface area contributed by atoms with Crippen molar-refractivity contribution in [1.29, 1.82) is 0 Å². The number of imide groups is 1. The minimum Gasteiger partial charge on any atom is -0.384 e. The molecule has 21 heavy (non-hydrogen) atoms. The molecule has 0 saturated carbocycles. The number of nitrogens with zero attached hydrogens (tertiary/aromatic N) is 2. The number of pyridine rings is 1. The predicted octanol–water partition coefficient (Wildman–Crippen LogP) is 0.311. The summed E-state index contributed by atoms with van der Waals surface area (Å²) in [4.78, 5) is 40.6. The number of nitrogens with one attached hydrogen (secondary N) is 2. The molecular formula is C14H18N4O3. The van der Waals surface area contributed by atoms with Crippen molar-refractivity contribution in [3.8, 4) is 0 Å². The van der Waals surface area contributed by atoms with E-state index in [1.165, 1.54) is 11.1 Å². The van der Waals surface area contributed by atoms with Gasteiger partial charge in [0.1, 0.15) is 13.1 Å². The van der Waals surface area contributed by atoms with Gasteiger partial charge in [0.15, 0.2) is 0 Å². The molecule has 0 bridgehead atoms. The first-order valence-electron chi connectivity index (χ1n) is 6.83.